The molecule has 3 N–H and O–H groups in total. The fraction of sp³-hybridized carbons (Fsp3) is 0.860. The number of aliphatic hydroxyl groups is 3. The van der Waals surface area contributed by atoms with E-state index < -0.39 is 17.8 Å². The summed E-state index contributed by atoms with van der Waals surface area (Å²) in [4.78, 5) is 0. The van der Waals surface area contributed by atoms with Crippen molar-refractivity contribution in [3.63, 3.8) is 0 Å². The Bertz CT molecular complexity index is 936. The molecule has 0 spiro atoms. The van der Waals surface area contributed by atoms with Gasteiger partial charge in [0, 0.05) is 0 Å². The Hall–Kier alpha value is -1.16. The van der Waals surface area contributed by atoms with Crippen LogP contribution in [0.25, 0.3) is 0 Å². The lowest BCUT2D eigenvalue weighted by atomic mass is 9.81. The number of hydrogen-bond donors (Lipinski definition) is 3. The quantitative estimate of drug-likeness (QED) is 0.0422. The van der Waals surface area contributed by atoms with Crippen LogP contribution in [0.15, 0.2) is 48.6 Å². The molecule has 3 nitrogen and oxygen atoms in total. The van der Waals surface area contributed by atoms with E-state index in [4.69, 9.17) is 0 Å². The van der Waals surface area contributed by atoms with Crippen LogP contribution in [0.3, 0.4) is 0 Å². The minimum Gasteiger partial charge on any atom is -0.390 e. The minimum atomic E-state index is -1.18. The first-order valence-corrected chi connectivity index (χ1v) is 27.2. The highest BCUT2D eigenvalue weighted by Crippen LogP contribution is 2.30. The van der Waals surface area contributed by atoms with Gasteiger partial charge in [-0.05, 0) is 103 Å². The van der Waals surface area contributed by atoms with Crippen molar-refractivity contribution in [3.05, 3.63) is 48.6 Å². The van der Waals surface area contributed by atoms with Gasteiger partial charge in [-0.1, -0.05) is 243 Å². The number of allylic oxidation sites excluding steroid dienone is 8. The third kappa shape index (κ3) is 42.2. The van der Waals surface area contributed by atoms with Gasteiger partial charge in [-0.25, -0.2) is 0 Å². The molecule has 0 saturated heterocycles. The predicted molar refractivity (Wildman–Crippen MR) is 269 cm³/mol. The zero-order chi connectivity index (χ0) is 43.7. The molecule has 60 heavy (non-hydrogen) atoms. The summed E-state index contributed by atoms with van der Waals surface area (Å²) < 4.78 is 0. The van der Waals surface area contributed by atoms with Crippen LogP contribution < -0.4 is 0 Å². The molecule has 0 rings (SSSR count). The van der Waals surface area contributed by atoms with Crippen LogP contribution in [0.5, 0.6) is 0 Å². The molecular formula is C57H108O3. The van der Waals surface area contributed by atoms with Crippen molar-refractivity contribution in [2.75, 3.05) is 0 Å². The molecule has 3 heteroatoms. The number of hydrogen-bond acceptors (Lipinski definition) is 3. The maximum absolute atomic E-state index is 11.9. The van der Waals surface area contributed by atoms with Gasteiger partial charge in [0.1, 0.15) is 6.10 Å². The first kappa shape index (κ1) is 58.8. The lowest BCUT2D eigenvalue weighted by Gasteiger charge is -2.36. The highest BCUT2D eigenvalue weighted by atomic mass is 16.4. The van der Waals surface area contributed by atoms with Gasteiger partial charge in [0.15, 0.2) is 0 Å². The van der Waals surface area contributed by atoms with Gasteiger partial charge in [-0.2, -0.15) is 0 Å². The van der Waals surface area contributed by atoms with Gasteiger partial charge in [-0.3, -0.25) is 0 Å². The first-order chi connectivity index (χ1) is 29.5. The van der Waals surface area contributed by atoms with E-state index in [9.17, 15) is 15.3 Å². The van der Waals surface area contributed by atoms with Crippen molar-refractivity contribution in [2.45, 2.75) is 315 Å². The van der Waals surface area contributed by atoms with E-state index in [1.807, 2.05) is 0 Å². The van der Waals surface area contributed by atoms with Gasteiger partial charge in [0.25, 0.3) is 0 Å². The highest BCUT2D eigenvalue weighted by Gasteiger charge is 2.38. The van der Waals surface area contributed by atoms with E-state index in [1.165, 1.54) is 212 Å². The van der Waals surface area contributed by atoms with Crippen LogP contribution >= 0.6 is 0 Å². The van der Waals surface area contributed by atoms with Crippen molar-refractivity contribution >= 4 is 0 Å². The van der Waals surface area contributed by atoms with Crippen LogP contribution in [0.1, 0.15) is 297 Å². The van der Waals surface area contributed by atoms with Crippen LogP contribution in [0, 0.1) is 0 Å². The zero-order valence-corrected chi connectivity index (χ0v) is 41.0. The largest absolute Gasteiger partial charge is 0.390 e. The molecule has 0 amide bonds. The third-order valence-electron chi connectivity index (χ3n) is 12.9. The molecule has 0 radical (unpaired) electrons. The summed E-state index contributed by atoms with van der Waals surface area (Å²) in [7, 11) is 0. The van der Waals surface area contributed by atoms with Gasteiger partial charge in [0.05, 0.1) is 11.7 Å². The summed E-state index contributed by atoms with van der Waals surface area (Å²) in [6, 6.07) is 0. The maximum Gasteiger partial charge on any atom is 0.108 e. The van der Waals surface area contributed by atoms with Crippen molar-refractivity contribution in [3.8, 4) is 0 Å². The second-order valence-electron chi connectivity index (χ2n) is 18.9. The Morgan fingerprint density at radius 3 is 0.917 bits per heavy atom. The second-order valence-corrected chi connectivity index (χ2v) is 18.9. The summed E-state index contributed by atoms with van der Waals surface area (Å²) in [5, 5.41) is 34.4. The summed E-state index contributed by atoms with van der Waals surface area (Å²) >= 11 is 0. The third-order valence-corrected chi connectivity index (χ3v) is 12.9. The predicted octanol–water partition coefficient (Wildman–Crippen LogP) is 18.5. The summed E-state index contributed by atoms with van der Waals surface area (Å²) in [5.41, 5.74) is -1.18. The van der Waals surface area contributed by atoms with Crippen LogP contribution in [-0.4, -0.2) is 33.1 Å². The average molecular weight is 841 g/mol. The van der Waals surface area contributed by atoms with E-state index in [2.05, 4.69) is 69.4 Å². The molecule has 0 aromatic carbocycles. The molecule has 0 aromatic rings. The Morgan fingerprint density at radius 2 is 0.567 bits per heavy atom. The summed E-state index contributed by atoms with van der Waals surface area (Å²) in [6.45, 7) is 6.82. The lowest BCUT2D eigenvalue weighted by Crippen LogP contribution is -2.49. The monoisotopic (exact) mass is 841 g/mol. The van der Waals surface area contributed by atoms with Gasteiger partial charge in [0.2, 0.25) is 0 Å². The fourth-order valence-corrected chi connectivity index (χ4v) is 8.64. The van der Waals surface area contributed by atoms with Gasteiger partial charge < -0.3 is 15.3 Å². The maximum atomic E-state index is 11.9. The van der Waals surface area contributed by atoms with Crippen LogP contribution in [0.2, 0.25) is 0 Å². The Balaban J connectivity index is 4.45. The molecule has 0 aromatic heterocycles. The first-order valence-electron chi connectivity index (χ1n) is 27.2. The summed E-state index contributed by atoms with van der Waals surface area (Å²) in [6.07, 6.45) is 68.4. The number of rotatable bonds is 49. The van der Waals surface area contributed by atoms with E-state index in [1.54, 1.807) is 0 Å². The van der Waals surface area contributed by atoms with E-state index in [-0.39, 0.29) is 0 Å². The topological polar surface area (TPSA) is 60.7 Å². The van der Waals surface area contributed by atoms with Crippen LogP contribution in [-0.2, 0) is 0 Å². The minimum absolute atomic E-state index is 0.585. The number of unbranched alkanes of at least 4 members (excludes halogenated alkanes) is 33. The molecular weight excluding hydrogens is 733 g/mol. The zero-order valence-electron chi connectivity index (χ0n) is 41.0. The molecule has 0 heterocycles. The molecule has 3 unspecified atom stereocenters. The molecule has 0 aliphatic heterocycles. The molecule has 3 atom stereocenters. The highest BCUT2D eigenvalue weighted by molar-refractivity contribution is 4.93. The Kier molecular flexibility index (Phi) is 47.9. The second kappa shape index (κ2) is 48.9. The standard InChI is InChI=1S/C57H108O3/c1-4-7-10-13-16-19-22-25-28-31-34-37-40-43-46-49-52-55(58)56(59)57(60,53-50-47-44-41-38-35-32-29-26-23-20-17-14-11-8-5-2)54-51-48-45-42-39-36-33-30-27-24-21-18-15-12-9-6-3/h17,20,25-30,55-56,58-60H,4-16,18-19,21-24,31-54H2,1-3H3/b20-17-,28-25-,29-26-,30-27-. The fourth-order valence-electron chi connectivity index (χ4n) is 8.64. The smallest absolute Gasteiger partial charge is 0.108 e. The summed E-state index contributed by atoms with van der Waals surface area (Å²) in [5.74, 6) is 0. The van der Waals surface area contributed by atoms with Crippen LogP contribution in [0.4, 0.5) is 0 Å². The SMILES string of the molecule is CCCCC/C=C\C/C=C\CCCCCCCCC(O)(CCCCCCCC/C=C\CCCCCCCC)C(O)C(O)CCCCCCCC/C=C\CCCCCCCC. The number of aliphatic hydroxyl groups excluding tert-OH is 2. The van der Waals surface area contributed by atoms with Gasteiger partial charge in [-0.15, -0.1) is 0 Å². The Morgan fingerprint density at radius 1 is 0.317 bits per heavy atom. The molecule has 0 fully saturated rings. The average Bonchev–Trinajstić information content (AvgIpc) is 3.25. The van der Waals surface area contributed by atoms with Crippen molar-refractivity contribution in [1.29, 1.82) is 0 Å². The molecule has 0 saturated carbocycles. The van der Waals surface area contributed by atoms with Crippen molar-refractivity contribution in [2.24, 2.45) is 0 Å². The van der Waals surface area contributed by atoms with Crippen molar-refractivity contribution < 1.29 is 15.3 Å². The molecule has 354 valence electrons. The van der Waals surface area contributed by atoms with E-state index in [0.717, 1.165) is 44.9 Å². The van der Waals surface area contributed by atoms with Crippen molar-refractivity contribution in [1.82, 2.24) is 0 Å². The molecule has 0 bridgehead atoms. The lowest BCUT2D eigenvalue weighted by molar-refractivity contribution is -0.136. The molecule has 0 aliphatic carbocycles. The van der Waals surface area contributed by atoms with E-state index in [0.29, 0.717) is 19.3 Å². The normalized spacial score (nSPS) is 14.4. The van der Waals surface area contributed by atoms with Gasteiger partial charge >= 0.3 is 0 Å². The van der Waals surface area contributed by atoms with E-state index >= 15 is 0 Å². The Labute approximate surface area is 377 Å². The molecule has 0 aliphatic rings.